The summed E-state index contributed by atoms with van der Waals surface area (Å²) in [6.45, 7) is 0. The van der Waals surface area contributed by atoms with E-state index >= 15 is 0 Å². The van der Waals surface area contributed by atoms with Gasteiger partial charge in [0.25, 0.3) is 5.91 Å². The van der Waals surface area contributed by atoms with Crippen molar-refractivity contribution in [2.24, 2.45) is 5.73 Å². The van der Waals surface area contributed by atoms with Gasteiger partial charge in [0.15, 0.2) is 0 Å². The summed E-state index contributed by atoms with van der Waals surface area (Å²) in [5, 5.41) is 2.80. The third kappa shape index (κ3) is 5.00. The lowest BCUT2D eigenvalue weighted by Crippen LogP contribution is -2.45. The Labute approximate surface area is 186 Å². The number of rotatable bonds is 7. The molecule has 1 fully saturated rings. The van der Waals surface area contributed by atoms with Crippen LogP contribution in [-0.4, -0.2) is 22.8 Å². The number of hydrogen-bond acceptors (Lipinski definition) is 4. The van der Waals surface area contributed by atoms with Crippen molar-refractivity contribution < 1.29 is 14.0 Å². The molecule has 1 aliphatic carbocycles. The zero-order valence-electron chi connectivity index (χ0n) is 17.6. The molecule has 2 amide bonds. The first-order chi connectivity index (χ1) is 15.5. The van der Waals surface area contributed by atoms with E-state index in [1.54, 1.807) is 65.8 Å². The van der Waals surface area contributed by atoms with Crippen LogP contribution in [0.1, 0.15) is 47.6 Å². The Balaban J connectivity index is 1.42. The van der Waals surface area contributed by atoms with Gasteiger partial charge in [-0.3, -0.25) is 14.6 Å². The Morgan fingerprint density at radius 1 is 1.03 bits per heavy atom. The summed E-state index contributed by atoms with van der Waals surface area (Å²) in [4.78, 5) is 31.2. The number of nitrogens with two attached hydrogens (primary N) is 1. The van der Waals surface area contributed by atoms with Gasteiger partial charge in [-0.05, 0) is 73.4 Å². The van der Waals surface area contributed by atoms with E-state index in [0.717, 1.165) is 24.8 Å². The lowest BCUT2D eigenvalue weighted by atomic mass is 9.90. The molecular weight excluding hydrogens is 407 g/mol. The zero-order chi connectivity index (χ0) is 22.5. The summed E-state index contributed by atoms with van der Waals surface area (Å²) in [6, 6.07) is 16.0. The minimum absolute atomic E-state index is 0.0895. The fraction of sp³-hybridized carbons (Fsp3) is 0.240. The highest BCUT2D eigenvalue weighted by Gasteiger charge is 2.31. The second-order valence-corrected chi connectivity index (χ2v) is 7.95. The first kappa shape index (κ1) is 21.6. The van der Waals surface area contributed by atoms with Gasteiger partial charge in [0.2, 0.25) is 5.91 Å². The standard InChI is InChI=1S/C25H25FN4O2/c26-19-8-10-22(11-9-19)30(21-2-1-3-21)24(31)16-23(27)17-4-6-18(7-5-17)25(32)29-20-12-14-28-15-13-20/h4-15,21,23H,1-3,16,27H2,(H,28,29,32). The SMILES string of the molecule is NC(CC(=O)N(c1ccc(F)cc1)C1CCC1)c1ccc(C(=O)Nc2ccncc2)cc1. The van der Waals surface area contributed by atoms with Crippen molar-refractivity contribution in [3.05, 3.63) is 90.0 Å². The molecule has 0 aliphatic heterocycles. The van der Waals surface area contributed by atoms with Crippen LogP contribution in [0.2, 0.25) is 0 Å². The Morgan fingerprint density at radius 3 is 2.28 bits per heavy atom. The predicted octanol–water partition coefficient (Wildman–Crippen LogP) is 4.45. The number of nitrogens with one attached hydrogen (secondary N) is 1. The highest BCUT2D eigenvalue weighted by molar-refractivity contribution is 6.04. The van der Waals surface area contributed by atoms with E-state index in [-0.39, 0.29) is 30.1 Å². The highest BCUT2D eigenvalue weighted by atomic mass is 19.1. The van der Waals surface area contributed by atoms with Crippen molar-refractivity contribution in [2.75, 3.05) is 10.2 Å². The van der Waals surface area contributed by atoms with Gasteiger partial charge < -0.3 is 16.0 Å². The first-order valence-electron chi connectivity index (χ1n) is 10.7. The molecule has 6 nitrogen and oxygen atoms in total. The predicted molar refractivity (Wildman–Crippen MR) is 122 cm³/mol. The Kier molecular flexibility index (Phi) is 6.56. The number of halogens is 1. The Bertz CT molecular complexity index is 1070. The minimum Gasteiger partial charge on any atom is -0.324 e. The molecule has 3 N–H and O–H groups in total. The quantitative estimate of drug-likeness (QED) is 0.577. The third-order valence-electron chi connectivity index (χ3n) is 5.75. The average Bonchev–Trinajstić information content (AvgIpc) is 2.77. The van der Waals surface area contributed by atoms with Crippen LogP contribution < -0.4 is 16.0 Å². The second kappa shape index (κ2) is 9.70. The van der Waals surface area contributed by atoms with Gasteiger partial charge in [-0.1, -0.05) is 12.1 Å². The van der Waals surface area contributed by atoms with Crippen molar-refractivity contribution in [3.63, 3.8) is 0 Å². The molecule has 1 aliphatic rings. The Hall–Kier alpha value is -3.58. The van der Waals surface area contributed by atoms with Crippen LogP contribution in [0.3, 0.4) is 0 Å². The molecule has 1 heterocycles. The van der Waals surface area contributed by atoms with Crippen molar-refractivity contribution in [2.45, 2.75) is 37.8 Å². The van der Waals surface area contributed by atoms with Crippen molar-refractivity contribution in [3.8, 4) is 0 Å². The van der Waals surface area contributed by atoms with Gasteiger partial charge >= 0.3 is 0 Å². The topological polar surface area (TPSA) is 88.3 Å². The molecule has 0 radical (unpaired) electrons. The van der Waals surface area contributed by atoms with E-state index in [1.807, 2.05) is 0 Å². The summed E-state index contributed by atoms with van der Waals surface area (Å²) >= 11 is 0. The number of carbonyl (C=O) groups is 2. The fourth-order valence-corrected chi connectivity index (χ4v) is 3.73. The van der Waals surface area contributed by atoms with E-state index in [1.165, 1.54) is 12.1 Å². The van der Waals surface area contributed by atoms with Crippen LogP contribution in [0.4, 0.5) is 15.8 Å². The maximum Gasteiger partial charge on any atom is 0.255 e. The summed E-state index contributed by atoms with van der Waals surface area (Å²) in [7, 11) is 0. The third-order valence-corrected chi connectivity index (χ3v) is 5.75. The number of anilines is 2. The van der Waals surface area contributed by atoms with Gasteiger partial charge in [-0.15, -0.1) is 0 Å². The monoisotopic (exact) mass is 432 g/mol. The summed E-state index contributed by atoms with van der Waals surface area (Å²) in [6.07, 6.45) is 6.27. The number of benzene rings is 2. The number of carbonyl (C=O) groups excluding carboxylic acids is 2. The molecule has 1 aromatic heterocycles. The molecule has 0 bridgehead atoms. The van der Waals surface area contributed by atoms with Gasteiger partial charge in [0, 0.05) is 47.8 Å². The van der Waals surface area contributed by atoms with Gasteiger partial charge in [0.1, 0.15) is 5.82 Å². The van der Waals surface area contributed by atoms with E-state index in [4.69, 9.17) is 5.73 Å². The van der Waals surface area contributed by atoms with Crippen LogP contribution >= 0.6 is 0 Å². The minimum atomic E-state index is -0.511. The number of hydrogen-bond donors (Lipinski definition) is 2. The fourth-order valence-electron chi connectivity index (χ4n) is 3.73. The largest absolute Gasteiger partial charge is 0.324 e. The van der Waals surface area contributed by atoms with Crippen LogP contribution in [0.25, 0.3) is 0 Å². The highest BCUT2D eigenvalue weighted by Crippen LogP contribution is 2.31. The molecule has 1 saturated carbocycles. The molecule has 1 unspecified atom stereocenters. The number of nitrogens with zero attached hydrogens (tertiary/aromatic N) is 2. The lowest BCUT2D eigenvalue weighted by molar-refractivity contribution is -0.119. The molecule has 0 saturated heterocycles. The number of aromatic nitrogens is 1. The van der Waals surface area contributed by atoms with Crippen LogP contribution in [0.5, 0.6) is 0 Å². The first-order valence-corrected chi connectivity index (χ1v) is 10.7. The van der Waals surface area contributed by atoms with Crippen LogP contribution in [-0.2, 0) is 4.79 Å². The van der Waals surface area contributed by atoms with E-state index in [2.05, 4.69) is 10.3 Å². The van der Waals surface area contributed by atoms with Crippen molar-refractivity contribution in [1.82, 2.24) is 4.98 Å². The van der Waals surface area contributed by atoms with Crippen molar-refractivity contribution >= 4 is 23.2 Å². The molecule has 0 spiro atoms. The van der Waals surface area contributed by atoms with Crippen molar-refractivity contribution in [1.29, 1.82) is 0 Å². The second-order valence-electron chi connectivity index (χ2n) is 7.95. The summed E-state index contributed by atoms with van der Waals surface area (Å²) in [5.74, 6) is -0.660. The normalized spacial score (nSPS) is 14.3. The number of amides is 2. The molecule has 7 heteroatoms. The lowest BCUT2D eigenvalue weighted by Gasteiger charge is -2.38. The average molecular weight is 432 g/mol. The summed E-state index contributed by atoms with van der Waals surface area (Å²) < 4.78 is 13.3. The molecule has 3 aromatic rings. The number of pyridine rings is 1. The molecule has 32 heavy (non-hydrogen) atoms. The van der Waals surface area contributed by atoms with Gasteiger partial charge in [-0.2, -0.15) is 0 Å². The maximum atomic E-state index is 13.3. The zero-order valence-corrected chi connectivity index (χ0v) is 17.6. The molecule has 164 valence electrons. The van der Waals surface area contributed by atoms with E-state index in [0.29, 0.717) is 16.9 Å². The molecule has 4 rings (SSSR count). The van der Waals surface area contributed by atoms with Gasteiger partial charge in [0.05, 0.1) is 0 Å². The molecular formula is C25H25FN4O2. The van der Waals surface area contributed by atoms with E-state index < -0.39 is 6.04 Å². The van der Waals surface area contributed by atoms with Crippen LogP contribution in [0, 0.1) is 5.82 Å². The maximum absolute atomic E-state index is 13.3. The van der Waals surface area contributed by atoms with E-state index in [9.17, 15) is 14.0 Å². The van der Waals surface area contributed by atoms with Crippen LogP contribution in [0.15, 0.2) is 73.1 Å². The smallest absolute Gasteiger partial charge is 0.255 e. The molecule has 1 atom stereocenters. The Morgan fingerprint density at radius 2 is 1.69 bits per heavy atom. The molecule has 2 aromatic carbocycles. The summed E-state index contributed by atoms with van der Waals surface area (Å²) in [5.41, 5.74) is 8.94. The van der Waals surface area contributed by atoms with Gasteiger partial charge in [-0.25, -0.2) is 4.39 Å².